The molecule has 0 radical (unpaired) electrons. The van der Waals surface area contributed by atoms with E-state index in [-0.39, 0.29) is 6.04 Å². The van der Waals surface area contributed by atoms with Gasteiger partial charge in [0.15, 0.2) is 11.8 Å². The summed E-state index contributed by atoms with van der Waals surface area (Å²) in [5.74, 6) is 0.413. The first-order valence-electron chi connectivity index (χ1n) is 11.4. The Morgan fingerprint density at radius 3 is 2.21 bits per heavy atom. The third-order valence-electron chi connectivity index (χ3n) is 6.36. The summed E-state index contributed by atoms with van der Waals surface area (Å²) in [6, 6.07) is 21.6. The fourth-order valence-electron chi connectivity index (χ4n) is 4.75. The van der Waals surface area contributed by atoms with Gasteiger partial charge in [0, 0.05) is 32.7 Å². The van der Waals surface area contributed by atoms with Crippen LogP contribution in [0, 0.1) is 0 Å². The Bertz CT molecular complexity index is 1130. The average molecular weight is 445 g/mol. The van der Waals surface area contributed by atoms with Crippen molar-refractivity contribution in [3.8, 4) is 0 Å². The lowest BCUT2D eigenvalue weighted by atomic mass is 9.96. The van der Waals surface area contributed by atoms with Gasteiger partial charge >= 0.3 is 0 Å². The molecule has 1 aliphatic heterocycles. The van der Waals surface area contributed by atoms with Crippen molar-refractivity contribution in [1.29, 1.82) is 0 Å². The molecule has 0 unspecified atom stereocenters. The van der Waals surface area contributed by atoms with Gasteiger partial charge in [-0.3, -0.25) is 9.80 Å². The van der Waals surface area contributed by atoms with E-state index in [1.165, 1.54) is 11.1 Å². The van der Waals surface area contributed by atoms with E-state index < -0.39 is 6.10 Å². The molecule has 8 nitrogen and oxygen atoms in total. The quantitative estimate of drug-likeness (QED) is 0.375. The van der Waals surface area contributed by atoms with Gasteiger partial charge in [0.25, 0.3) is 5.65 Å². The second kappa shape index (κ2) is 9.66. The van der Waals surface area contributed by atoms with Gasteiger partial charge in [-0.1, -0.05) is 70.6 Å². The van der Waals surface area contributed by atoms with Crippen LogP contribution in [0.5, 0.6) is 0 Å². The maximum absolute atomic E-state index is 10.8. The van der Waals surface area contributed by atoms with Crippen molar-refractivity contribution in [2.75, 3.05) is 38.5 Å². The van der Waals surface area contributed by atoms with E-state index in [9.17, 15) is 5.11 Å². The first kappa shape index (κ1) is 21.5. The molecule has 0 aliphatic carbocycles. The van der Waals surface area contributed by atoms with Crippen LogP contribution in [0.2, 0.25) is 0 Å². The van der Waals surface area contributed by atoms with Crippen LogP contribution >= 0.6 is 0 Å². The first-order chi connectivity index (χ1) is 16.2. The number of aliphatic hydroxyl groups is 1. The summed E-state index contributed by atoms with van der Waals surface area (Å²) in [5.41, 5.74) is 9.93. The number of imidazole rings is 1. The van der Waals surface area contributed by atoms with Gasteiger partial charge in [-0.05, 0) is 11.1 Å². The first-order valence-corrected chi connectivity index (χ1v) is 11.4. The van der Waals surface area contributed by atoms with E-state index in [1.54, 1.807) is 12.7 Å². The third-order valence-corrected chi connectivity index (χ3v) is 6.36. The molecule has 1 fully saturated rings. The Morgan fingerprint density at radius 2 is 1.58 bits per heavy atom. The number of aliphatic hydroxyl groups excluding tert-OH is 1. The molecule has 0 saturated carbocycles. The fraction of sp³-hybridized carbons (Fsp3) is 0.320. The molecule has 5 rings (SSSR count). The molecule has 33 heavy (non-hydrogen) atoms. The van der Waals surface area contributed by atoms with Crippen molar-refractivity contribution < 1.29 is 9.67 Å². The second-order valence-electron chi connectivity index (χ2n) is 8.60. The van der Waals surface area contributed by atoms with E-state index in [4.69, 9.17) is 5.73 Å². The van der Waals surface area contributed by atoms with Crippen molar-refractivity contribution in [2.24, 2.45) is 0 Å². The van der Waals surface area contributed by atoms with E-state index in [0.29, 0.717) is 30.1 Å². The van der Waals surface area contributed by atoms with Gasteiger partial charge in [0.05, 0.1) is 18.7 Å². The van der Waals surface area contributed by atoms with E-state index in [0.717, 1.165) is 26.2 Å². The maximum Gasteiger partial charge on any atom is 0.293 e. The number of nitrogens with one attached hydrogen (secondary N) is 1. The highest BCUT2D eigenvalue weighted by molar-refractivity contribution is 5.78. The predicted molar refractivity (Wildman–Crippen MR) is 127 cm³/mol. The third kappa shape index (κ3) is 4.73. The average Bonchev–Trinajstić information content (AvgIpc) is 3.35. The molecular weight excluding hydrogens is 414 g/mol. The van der Waals surface area contributed by atoms with Crippen LogP contribution in [-0.4, -0.2) is 68.7 Å². The smallest absolute Gasteiger partial charge is 0.293 e. The number of aromatic amines is 1. The number of H-pyrrole nitrogens is 1. The highest BCUT2D eigenvalue weighted by Crippen LogP contribution is 2.29. The van der Waals surface area contributed by atoms with Crippen molar-refractivity contribution in [1.82, 2.24) is 24.8 Å². The molecule has 4 aromatic rings. The normalized spacial score (nSPS) is 16.4. The zero-order chi connectivity index (χ0) is 22.6. The van der Waals surface area contributed by atoms with Crippen LogP contribution in [0.25, 0.3) is 11.2 Å². The lowest BCUT2D eigenvalue weighted by Gasteiger charge is -2.40. The van der Waals surface area contributed by atoms with Gasteiger partial charge in [0.2, 0.25) is 12.1 Å². The van der Waals surface area contributed by atoms with Gasteiger partial charge in [-0.2, -0.15) is 0 Å². The van der Waals surface area contributed by atoms with Crippen LogP contribution < -0.4 is 10.3 Å². The van der Waals surface area contributed by atoms with Gasteiger partial charge in [-0.15, -0.1) is 0 Å². The van der Waals surface area contributed by atoms with Crippen LogP contribution in [0.4, 0.5) is 5.82 Å². The van der Waals surface area contributed by atoms with Crippen LogP contribution in [0.15, 0.2) is 73.3 Å². The summed E-state index contributed by atoms with van der Waals surface area (Å²) in [6.45, 7) is 4.75. The molecule has 0 bridgehead atoms. The van der Waals surface area contributed by atoms with Crippen LogP contribution in [-0.2, 0) is 6.54 Å². The molecule has 0 spiro atoms. The molecule has 170 valence electrons. The number of nitrogen functional groups attached to an aromatic ring is 1. The summed E-state index contributed by atoms with van der Waals surface area (Å²) >= 11 is 0. The summed E-state index contributed by atoms with van der Waals surface area (Å²) in [5, 5.41) is 10.8. The Balaban J connectivity index is 1.23. The van der Waals surface area contributed by atoms with E-state index in [1.807, 2.05) is 4.57 Å². The maximum atomic E-state index is 10.8. The molecule has 4 N–H and O–H groups in total. The summed E-state index contributed by atoms with van der Waals surface area (Å²) in [4.78, 5) is 16.4. The zero-order valence-corrected chi connectivity index (χ0v) is 18.6. The largest absolute Gasteiger partial charge is 0.388 e. The minimum absolute atomic E-state index is 0.240. The monoisotopic (exact) mass is 444 g/mol. The Kier molecular flexibility index (Phi) is 6.30. The summed E-state index contributed by atoms with van der Waals surface area (Å²) < 4.78 is 1.85. The van der Waals surface area contributed by atoms with Crippen LogP contribution in [0.1, 0.15) is 17.2 Å². The topological polar surface area (TPSA) is 98.2 Å². The number of rotatable bonds is 7. The Labute approximate surface area is 193 Å². The van der Waals surface area contributed by atoms with Crippen molar-refractivity contribution >= 4 is 17.0 Å². The Hall–Kier alpha value is -3.33. The number of hydrogen-bond donors (Lipinski definition) is 3. The molecule has 2 aromatic heterocycles. The highest BCUT2D eigenvalue weighted by atomic mass is 16.3. The molecule has 1 aliphatic rings. The standard InChI is InChI=1S/C25H29N7O/c26-24-22-25(28-17-27-22)32(18-29-24)16-21(33)15-30-11-13-31(14-12-30)23(19-7-3-1-4-8-19)20-9-5-2-6-10-20/h1-10,17-18,21,23,33H,11-16H2,(H2,26,27,28)/p+1/t21-/m1/s1. The zero-order valence-electron chi connectivity index (χ0n) is 18.6. The molecule has 3 heterocycles. The molecule has 1 saturated heterocycles. The molecule has 8 heteroatoms. The van der Waals surface area contributed by atoms with Crippen molar-refractivity contribution in [2.45, 2.75) is 18.7 Å². The number of anilines is 1. The van der Waals surface area contributed by atoms with Crippen molar-refractivity contribution in [3.05, 3.63) is 84.4 Å². The lowest BCUT2D eigenvalue weighted by Crippen LogP contribution is -2.52. The molecule has 2 aromatic carbocycles. The minimum Gasteiger partial charge on any atom is -0.388 e. The van der Waals surface area contributed by atoms with Gasteiger partial charge in [-0.25, -0.2) is 4.57 Å². The number of aromatic nitrogens is 4. The number of fused-ring (bicyclic) bond motifs is 1. The number of nitrogens with two attached hydrogens (primary N) is 1. The van der Waals surface area contributed by atoms with Gasteiger partial charge < -0.3 is 15.8 Å². The number of nitrogens with zero attached hydrogens (tertiary/aromatic N) is 5. The number of β-amino-alcohol motifs (C(OH)–C–C–N with tert-alkyl or cyclic N) is 1. The van der Waals surface area contributed by atoms with Crippen molar-refractivity contribution in [3.63, 3.8) is 0 Å². The molecular formula is C25H30N7O+. The number of piperazine rings is 1. The van der Waals surface area contributed by atoms with E-state index in [2.05, 4.69) is 85.4 Å². The fourth-order valence-corrected chi connectivity index (χ4v) is 4.75. The number of benzene rings is 2. The highest BCUT2D eigenvalue weighted by Gasteiger charge is 2.27. The van der Waals surface area contributed by atoms with E-state index >= 15 is 0 Å². The summed E-state index contributed by atoms with van der Waals surface area (Å²) in [7, 11) is 0. The number of hydrogen-bond acceptors (Lipinski definition) is 6. The lowest BCUT2D eigenvalue weighted by molar-refractivity contribution is -0.683. The van der Waals surface area contributed by atoms with Gasteiger partial charge in [0.1, 0.15) is 0 Å². The minimum atomic E-state index is -0.522. The molecule has 0 amide bonds. The predicted octanol–water partition coefficient (Wildman–Crippen LogP) is 1.60. The second-order valence-corrected chi connectivity index (χ2v) is 8.60. The molecule has 1 atom stereocenters. The SMILES string of the molecule is Nc1nc[n+](C[C@H](O)CN2CCN(C(c3ccccc3)c3ccccc3)CC2)c2nc[nH]c12. The van der Waals surface area contributed by atoms with Crippen LogP contribution in [0.3, 0.4) is 0 Å². The Morgan fingerprint density at radius 1 is 0.939 bits per heavy atom. The summed E-state index contributed by atoms with van der Waals surface area (Å²) in [6.07, 6.45) is 2.72.